The third kappa shape index (κ3) is 5.13. The fourth-order valence-corrected chi connectivity index (χ4v) is 3.21. The Hall–Kier alpha value is -1.75. The standard InChI is InChI=1S/C20H24Cl2N2O2/c1-12-7-16(25)8-13(2)17(12)10-15(24(3)4)11-23-20(26)14-5-6-18(21)19(22)9-14/h5-9,15,25H,10-11H2,1-4H3,(H,23,26)/t15-/m0/s1. The lowest BCUT2D eigenvalue weighted by Crippen LogP contribution is -2.41. The van der Waals surface area contributed by atoms with E-state index in [1.807, 2.05) is 27.9 Å². The van der Waals surface area contributed by atoms with Crippen LogP contribution in [0.2, 0.25) is 10.0 Å². The van der Waals surface area contributed by atoms with Crippen molar-refractivity contribution in [2.24, 2.45) is 0 Å². The summed E-state index contributed by atoms with van der Waals surface area (Å²) in [6.07, 6.45) is 0.770. The average Bonchev–Trinajstić information content (AvgIpc) is 2.55. The van der Waals surface area contributed by atoms with E-state index in [1.54, 1.807) is 30.3 Å². The Morgan fingerprint density at radius 1 is 1.12 bits per heavy atom. The topological polar surface area (TPSA) is 52.6 Å². The van der Waals surface area contributed by atoms with Crippen molar-refractivity contribution in [3.63, 3.8) is 0 Å². The average molecular weight is 395 g/mol. The van der Waals surface area contributed by atoms with Crippen molar-refractivity contribution in [2.45, 2.75) is 26.3 Å². The van der Waals surface area contributed by atoms with Crippen LogP contribution in [-0.4, -0.2) is 42.6 Å². The number of hydrogen-bond donors (Lipinski definition) is 2. The smallest absolute Gasteiger partial charge is 0.251 e. The first-order valence-corrected chi connectivity index (χ1v) is 9.13. The Balaban J connectivity index is 2.09. The highest BCUT2D eigenvalue weighted by molar-refractivity contribution is 6.42. The molecule has 2 aromatic carbocycles. The van der Waals surface area contributed by atoms with E-state index in [-0.39, 0.29) is 17.7 Å². The molecule has 0 radical (unpaired) electrons. The van der Waals surface area contributed by atoms with Gasteiger partial charge in [0.1, 0.15) is 5.75 Å². The minimum absolute atomic E-state index is 0.115. The minimum Gasteiger partial charge on any atom is -0.508 e. The second kappa shape index (κ2) is 8.76. The number of nitrogens with one attached hydrogen (secondary N) is 1. The number of halogens is 2. The van der Waals surface area contributed by atoms with Crippen LogP contribution >= 0.6 is 23.2 Å². The van der Waals surface area contributed by atoms with E-state index >= 15 is 0 Å². The molecule has 0 fully saturated rings. The minimum atomic E-state index is -0.186. The molecule has 4 nitrogen and oxygen atoms in total. The molecule has 0 heterocycles. The maximum Gasteiger partial charge on any atom is 0.251 e. The van der Waals surface area contributed by atoms with E-state index < -0.39 is 0 Å². The summed E-state index contributed by atoms with van der Waals surface area (Å²) in [4.78, 5) is 14.5. The van der Waals surface area contributed by atoms with Gasteiger partial charge in [0.2, 0.25) is 0 Å². The van der Waals surface area contributed by atoms with Crippen molar-refractivity contribution < 1.29 is 9.90 Å². The summed E-state index contributed by atoms with van der Waals surface area (Å²) in [6, 6.07) is 8.49. The van der Waals surface area contributed by atoms with Gasteiger partial charge in [-0.05, 0) is 81.4 Å². The van der Waals surface area contributed by atoms with Crippen LogP contribution in [0.1, 0.15) is 27.0 Å². The molecular formula is C20H24Cl2N2O2. The van der Waals surface area contributed by atoms with E-state index in [1.165, 1.54) is 5.56 Å². The Labute approximate surface area is 164 Å². The van der Waals surface area contributed by atoms with Gasteiger partial charge in [0, 0.05) is 18.2 Å². The first-order valence-electron chi connectivity index (χ1n) is 8.37. The fourth-order valence-electron chi connectivity index (χ4n) is 2.92. The number of aryl methyl sites for hydroxylation is 2. The Morgan fingerprint density at radius 3 is 2.27 bits per heavy atom. The number of amides is 1. The van der Waals surface area contributed by atoms with Crippen LogP contribution in [-0.2, 0) is 6.42 Å². The summed E-state index contributed by atoms with van der Waals surface area (Å²) in [5.74, 6) is 0.0904. The van der Waals surface area contributed by atoms with Crippen molar-refractivity contribution in [1.82, 2.24) is 10.2 Å². The molecule has 0 bridgehead atoms. The zero-order valence-electron chi connectivity index (χ0n) is 15.4. The lowest BCUT2D eigenvalue weighted by molar-refractivity contribution is 0.0941. The summed E-state index contributed by atoms with van der Waals surface area (Å²) in [7, 11) is 3.97. The number of benzene rings is 2. The zero-order valence-corrected chi connectivity index (χ0v) is 16.9. The van der Waals surface area contributed by atoms with Gasteiger partial charge in [-0.1, -0.05) is 23.2 Å². The molecule has 2 aromatic rings. The molecule has 1 amide bonds. The van der Waals surface area contributed by atoms with Crippen molar-refractivity contribution >= 4 is 29.1 Å². The van der Waals surface area contributed by atoms with Gasteiger partial charge in [0.15, 0.2) is 0 Å². The maximum absolute atomic E-state index is 12.4. The second-order valence-corrected chi connectivity index (χ2v) is 7.53. The van der Waals surface area contributed by atoms with Gasteiger partial charge in [-0.3, -0.25) is 4.79 Å². The van der Waals surface area contributed by atoms with Gasteiger partial charge in [-0.2, -0.15) is 0 Å². The maximum atomic E-state index is 12.4. The van der Waals surface area contributed by atoms with Gasteiger partial charge in [0.25, 0.3) is 5.91 Å². The molecule has 0 saturated heterocycles. The number of nitrogens with zero attached hydrogens (tertiary/aromatic N) is 1. The molecule has 0 saturated carbocycles. The van der Waals surface area contributed by atoms with E-state index in [0.717, 1.165) is 17.5 Å². The molecule has 1 atom stereocenters. The van der Waals surface area contributed by atoms with Crippen LogP contribution in [0, 0.1) is 13.8 Å². The molecule has 0 aliphatic heterocycles. The van der Waals surface area contributed by atoms with Crippen LogP contribution in [0.5, 0.6) is 5.75 Å². The molecule has 2 rings (SSSR count). The summed E-state index contributed by atoms with van der Waals surface area (Å²) in [6.45, 7) is 4.47. The molecule has 0 spiro atoms. The zero-order chi connectivity index (χ0) is 19.4. The van der Waals surface area contributed by atoms with E-state index in [9.17, 15) is 9.90 Å². The fraction of sp³-hybridized carbons (Fsp3) is 0.350. The van der Waals surface area contributed by atoms with E-state index in [0.29, 0.717) is 22.2 Å². The molecular weight excluding hydrogens is 371 g/mol. The van der Waals surface area contributed by atoms with Crippen LogP contribution in [0.3, 0.4) is 0 Å². The highest BCUT2D eigenvalue weighted by Gasteiger charge is 2.17. The highest BCUT2D eigenvalue weighted by Crippen LogP contribution is 2.24. The lowest BCUT2D eigenvalue weighted by Gasteiger charge is -2.26. The second-order valence-electron chi connectivity index (χ2n) is 6.72. The van der Waals surface area contributed by atoms with Gasteiger partial charge in [-0.25, -0.2) is 0 Å². The number of carbonyl (C=O) groups excluding carboxylic acids is 1. The number of aromatic hydroxyl groups is 1. The van der Waals surface area contributed by atoms with Gasteiger partial charge in [-0.15, -0.1) is 0 Å². The predicted octanol–water partition coefficient (Wildman–Crippen LogP) is 4.22. The molecule has 0 aromatic heterocycles. The number of rotatable bonds is 6. The molecule has 2 N–H and O–H groups in total. The van der Waals surface area contributed by atoms with Crippen molar-refractivity contribution in [2.75, 3.05) is 20.6 Å². The number of likely N-dealkylation sites (N-methyl/N-ethyl adjacent to an activating group) is 1. The largest absolute Gasteiger partial charge is 0.508 e. The Morgan fingerprint density at radius 2 is 1.73 bits per heavy atom. The van der Waals surface area contributed by atoms with Crippen molar-refractivity contribution in [3.8, 4) is 5.75 Å². The quantitative estimate of drug-likeness (QED) is 0.770. The Kier molecular flexibility index (Phi) is 6.93. The van der Waals surface area contributed by atoms with Gasteiger partial charge in [0.05, 0.1) is 10.0 Å². The van der Waals surface area contributed by atoms with Crippen LogP contribution in [0.15, 0.2) is 30.3 Å². The molecule has 0 unspecified atom stereocenters. The summed E-state index contributed by atoms with van der Waals surface area (Å²) in [5.41, 5.74) is 3.76. The van der Waals surface area contributed by atoms with Gasteiger partial charge < -0.3 is 15.3 Å². The summed E-state index contributed by atoms with van der Waals surface area (Å²) in [5, 5.41) is 13.5. The highest BCUT2D eigenvalue weighted by atomic mass is 35.5. The molecule has 0 aliphatic rings. The normalized spacial score (nSPS) is 12.3. The third-order valence-electron chi connectivity index (χ3n) is 4.53. The van der Waals surface area contributed by atoms with Crippen molar-refractivity contribution in [1.29, 1.82) is 0 Å². The lowest BCUT2D eigenvalue weighted by atomic mass is 9.95. The van der Waals surface area contributed by atoms with Gasteiger partial charge >= 0.3 is 0 Å². The van der Waals surface area contributed by atoms with E-state index in [4.69, 9.17) is 23.2 Å². The summed E-state index contributed by atoms with van der Waals surface area (Å²) >= 11 is 11.9. The molecule has 26 heavy (non-hydrogen) atoms. The summed E-state index contributed by atoms with van der Waals surface area (Å²) < 4.78 is 0. The number of carbonyl (C=O) groups is 1. The number of hydrogen-bond acceptors (Lipinski definition) is 3. The number of phenolic OH excluding ortho intramolecular Hbond substituents is 1. The Bertz CT molecular complexity index is 783. The molecule has 140 valence electrons. The van der Waals surface area contributed by atoms with E-state index in [2.05, 4.69) is 10.2 Å². The third-order valence-corrected chi connectivity index (χ3v) is 5.27. The first-order chi connectivity index (χ1) is 12.2. The molecule has 6 heteroatoms. The SMILES string of the molecule is Cc1cc(O)cc(C)c1C[C@@H](CNC(=O)c1ccc(Cl)c(Cl)c1)N(C)C. The van der Waals surface area contributed by atoms with Crippen LogP contribution < -0.4 is 5.32 Å². The number of phenols is 1. The molecule has 0 aliphatic carbocycles. The van der Waals surface area contributed by atoms with Crippen LogP contribution in [0.4, 0.5) is 0 Å². The van der Waals surface area contributed by atoms with Crippen LogP contribution in [0.25, 0.3) is 0 Å². The first kappa shape index (κ1) is 20.6. The predicted molar refractivity (Wildman–Crippen MR) is 108 cm³/mol. The monoisotopic (exact) mass is 394 g/mol. The van der Waals surface area contributed by atoms with Crippen molar-refractivity contribution in [3.05, 3.63) is 62.6 Å².